The van der Waals surface area contributed by atoms with E-state index in [-0.39, 0.29) is 24.3 Å². The van der Waals surface area contributed by atoms with Gasteiger partial charge in [-0.2, -0.15) is 0 Å². The van der Waals surface area contributed by atoms with Crippen LogP contribution in [-0.2, 0) is 11.3 Å². The SMILES string of the molecule is C[C@@H](C(=O)NCc1ccccc1F)N1CCN(c2ccccc2)CC1. The van der Waals surface area contributed by atoms with E-state index in [1.165, 1.54) is 11.8 Å². The van der Waals surface area contributed by atoms with E-state index in [4.69, 9.17) is 0 Å². The van der Waals surface area contributed by atoms with Crippen LogP contribution in [0.3, 0.4) is 0 Å². The first-order valence-electron chi connectivity index (χ1n) is 8.70. The van der Waals surface area contributed by atoms with Crippen molar-refractivity contribution in [3.05, 3.63) is 66.0 Å². The van der Waals surface area contributed by atoms with Gasteiger partial charge in [0.1, 0.15) is 5.82 Å². The molecule has 2 aromatic carbocycles. The molecule has 0 saturated carbocycles. The number of amides is 1. The maximum absolute atomic E-state index is 13.6. The number of rotatable bonds is 5. The van der Waals surface area contributed by atoms with Crippen LogP contribution in [0.15, 0.2) is 54.6 Å². The van der Waals surface area contributed by atoms with Crippen LogP contribution in [0.4, 0.5) is 10.1 Å². The van der Waals surface area contributed by atoms with Gasteiger partial charge in [0.05, 0.1) is 6.04 Å². The van der Waals surface area contributed by atoms with Crippen LogP contribution in [0.1, 0.15) is 12.5 Å². The first kappa shape index (κ1) is 17.4. The Hall–Kier alpha value is -2.40. The van der Waals surface area contributed by atoms with Crippen LogP contribution in [-0.4, -0.2) is 43.0 Å². The van der Waals surface area contributed by atoms with E-state index in [2.05, 4.69) is 27.2 Å². The maximum Gasteiger partial charge on any atom is 0.237 e. The Kier molecular flexibility index (Phi) is 5.66. The monoisotopic (exact) mass is 341 g/mol. The number of halogens is 1. The molecule has 1 N–H and O–H groups in total. The zero-order valence-corrected chi connectivity index (χ0v) is 14.5. The van der Waals surface area contributed by atoms with Crippen molar-refractivity contribution in [1.29, 1.82) is 0 Å². The molecule has 2 aromatic rings. The minimum atomic E-state index is -0.285. The van der Waals surface area contributed by atoms with Gasteiger partial charge in [0.2, 0.25) is 5.91 Å². The minimum Gasteiger partial charge on any atom is -0.369 e. The normalized spacial score (nSPS) is 16.5. The summed E-state index contributed by atoms with van der Waals surface area (Å²) in [5, 5.41) is 2.85. The summed E-state index contributed by atoms with van der Waals surface area (Å²) in [6, 6.07) is 16.6. The van der Waals surface area contributed by atoms with Crippen LogP contribution in [0.2, 0.25) is 0 Å². The van der Waals surface area contributed by atoms with E-state index in [1.807, 2.05) is 25.1 Å². The molecule has 0 aliphatic carbocycles. The maximum atomic E-state index is 13.6. The van der Waals surface area contributed by atoms with Crippen LogP contribution in [0, 0.1) is 5.82 Å². The molecule has 1 saturated heterocycles. The molecule has 1 aliphatic heterocycles. The number of nitrogens with zero attached hydrogens (tertiary/aromatic N) is 2. The smallest absolute Gasteiger partial charge is 0.237 e. The molecule has 0 spiro atoms. The van der Waals surface area contributed by atoms with Crippen molar-refractivity contribution in [2.24, 2.45) is 0 Å². The molecule has 1 fully saturated rings. The molecule has 1 aliphatic rings. The third-order valence-electron chi connectivity index (χ3n) is 4.77. The second-order valence-electron chi connectivity index (χ2n) is 6.34. The molecule has 3 rings (SSSR count). The van der Waals surface area contributed by atoms with Crippen LogP contribution in [0.25, 0.3) is 0 Å². The Labute approximate surface area is 148 Å². The van der Waals surface area contributed by atoms with Gasteiger partial charge in [0.25, 0.3) is 0 Å². The van der Waals surface area contributed by atoms with E-state index in [0.29, 0.717) is 5.56 Å². The summed E-state index contributed by atoms with van der Waals surface area (Å²) in [5.41, 5.74) is 1.73. The molecule has 5 heteroatoms. The van der Waals surface area contributed by atoms with Gasteiger partial charge in [-0.1, -0.05) is 36.4 Å². The molecule has 1 atom stereocenters. The van der Waals surface area contributed by atoms with Crippen molar-refractivity contribution in [2.75, 3.05) is 31.1 Å². The quantitative estimate of drug-likeness (QED) is 0.908. The molecular formula is C20H24FN3O. The largest absolute Gasteiger partial charge is 0.369 e. The zero-order valence-electron chi connectivity index (χ0n) is 14.5. The molecular weight excluding hydrogens is 317 g/mol. The Morgan fingerprint density at radius 3 is 2.36 bits per heavy atom. The fraction of sp³-hybridized carbons (Fsp3) is 0.350. The molecule has 25 heavy (non-hydrogen) atoms. The Balaban J connectivity index is 1.49. The molecule has 0 bridgehead atoms. The first-order valence-corrected chi connectivity index (χ1v) is 8.70. The number of hydrogen-bond acceptors (Lipinski definition) is 3. The molecule has 0 unspecified atom stereocenters. The summed E-state index contributed by atoms with van der Waals surface area (Å²) in [5.74, 6) is -0.344. The number of para-hydroxylation sites is 1. The second kappa shape index (κ2) is 8.12. The predicted octanol–water partition coefficient (Wildman–Crippen LogP) is 2.65. The summed E-state index contributed by atoms with van der Waals surface area (Å²) in [7, 11) is 0. The Morgan fingerprint density at radius 2 is 1.68 bits per heavy atom. The van der Waals surface area contributed by atoms with Crippen molar-refractivity contribution in [1.82, 2.24) is 10.2 Å². The highest BCUT2D eigenvalue weighted by molar-refractivity contribution is 5.81. The van der Waals surface area contributed by atoms with Crippen molar-refractivity contribution in [3.8, 4) is 0 Å². The summed E-state index contributed by atoms with van der Waals surface area (Å²) >= 11 is 0. The van der Waals surface area contributed by atoms with E-state index in [9.17, 15) is 9.18 Å². The molecule has 1 amide bonds. The average Bonchev–Trinajstić information content (AvgIpc) is 2.67. The summed E-state index contributed by atoms with van der Waals surface area (Å²) in [6.45, 7) is 5.60. The second-order valence-corrected chi connectivity index (χ2v) is 6.34. The van der Waals surface area contributed by atoms with E-state index >= 15 is 0 Å². The Morgan fingerprint density at radius 1 is 1.04 bits per heavy atom. The number of benzene rings is 2. The highest BCUT2D eigenvalue weighted by atomic mass is 19.1. The van der Waals surface area contributed by atoms with Crippen molar-refractivity contribution in [3.63, 3.8) is 0 Å². The molecule has 1 heterocycles. The first-order chi connectivity index (χ1) is 12.1. The lowest BCUT2D eigenvalue weighted by Crippen LogP contribution is -2.53. The number of hydrogen-bond donors (Lipinski definition) is 1. The van der Waals surface area contributed by atoms with Crippen molar-refractivity contribution in [2.45, 2.75) is 19.5 Å². The summed E-state index contributed by atoms with van der Waals surface area (Å²) in [6.07, 6.45) is 0. The predicted molar refractivity (Wildman–Crippen MR) is 97.9 cm³/mol. The van der Waals surface area contributed by atoms with Gasteiger partial charge in [0, 0.05) is 44.0 Å². The van der Waals surface area contributed by atoms with Gasteiger partial charge in [0.15, 0.2) is 0 Å². The van der Waals surface area contributed by atoms with Crippen LogP contribution < -0.4 is 10.2 Å². The third-order valence-corrected chi connectivity index (χ3v) is 4.77. The number of carbonyl (C=O) groups excluding carboxylic acids is 1. The fourth-order valence-corrected chi connectivity index (χ4v) is 3.14. The lowest BCUT2D eigenvalue weighted by atomic mass is 10.1. The number of carbonyl (C=O) groups is 1. The molecule has 0 radical (unpaired) electrons. The van der Waals surface area contributed by atoms with Gasteiger partial charge in [-0.15, -0.1) is 0 Å². The molecule has 132 valence electrons. The van der Waals surface area contributed by atoms with Gasteiger partial charge in [-0.05, 0) is 25.1 Å². The number of piperazine rings is 1. The van der Waals surface area contributed by atoms with Gasteiger partial charge in [-0.3, -0.25) is 9.69 Å². The van der Waals surface area contributed by atoms with Crippen molar-refractivity contribution >= 4 is 11.6 Å². The molecule has 0 aromatic heterocycles. The summed E-state index contributed by atoms with van der Waals surface area (Å²) < 4.78 is 13.6. The average molecular weight is 341 g/mol. The van der Waals surface area contributed by atoms with Crippen LogP contribution in [0.5, 0.6) is 0 Å². The van der Waals surface area contributed by atoms with Crippen molar-refractivity contribution < 1.29 is 9.18 Å². The zero-order chi connectivity index (χ0) is 17.6. The van der Waals surface area contributed by atoms with Gasteiger partial charge in [-0.25, -0.2) is 4.39 Å². The lowest BCUT2D eigenvalue weighted by molar-refractivity contribution is -0.126. The number of nitrogens with one attached hydrogen (secondary N) is 1. The Bertz CT molecular complexity index is 699. The highest BCUT2D eigenvalue weighted by Crippen LogP contribution is 2.16. The fourth-order valence-electron chi connectivity index (χ4n) is 3.14. The topological polar surface area (TPSA) is 35.6 Å². The van der Waals surface area contributed by atoms with E-state index in [0.717, 1.165) is 26.2 Å². The number of anilines is 1. The van der Waals surface area contributed by atoms with Crippen LogP contribution >= 0.6 is 0 Å². The summed E-state index contributed by atoms with van der Waals surface area (Å²) in [4.78, 5) is 16.9. The van der Waals surface area contributed by atoms with Gasteiger partial charge < -0.3 is 10.2 Å². The lowest BCUT2D eigenvalue weighted by Gasteiger charge is -2.38. The highest BCUT2D eigenvalue weighted by Gasteiger charge is 2.25. The standard InChI is InChI=1S/C20H24FN3O/c1-16(20(25)22-15-17-7-5-6-10-19(17)21)23-11-13-24(14-12-23)18-8-3-2-4-9-18/h2-10,16H,11-15H2,1H3,(H,22,25)/t16-/m0/s1. The third kappa shape index (κ3) is 4.37. The van der Waals surface area contributed by atoms with E-state index < -0.39 is 0 Å². The minimum absolute atomic E-state index is 0.0589. The molecule has 4 nitrogen and oxygen atoms in total. The van der Waals surface area contributed by atoms with E-state index in [1.54, 1.807) is 18.2 Å². The van der Waals surface area contributed by atoms with Gasteiger partial charge >= 0.3 is 0 Å².